The third-order valence-electron chi connectivity index (χ3n) is 14.3. The molecule has 1 saturated heterocycles. The first-order valence-corrected chi connectivity index (χ1v) is 31.8. The van der Waals surface area contributed by atoms with Gasteiger partial charge in [0.1, 0.15) is 24.4 Å². The SMILES string of the molecule is CC/C=C\C/C=C\C/C=C\C/C=C\C/C=C\C/C=C\C/C=C\C/C=C\C/C=C\CCCCCC(=O)NC(COC1OC(CO)C(O)C(O)C1O)C(O)/C=C/CCCCCCCCCCCCCCCCCCCCCCCC. The number of rotatable bonds is 53. The van der Waals surface area contributed by atoms with E-state index >= 15 is 0 Å². The summed E-state index contributed by atoms with van der Waals surface area (Å²) in [6.07, 6.45) is 78.4. The zero-order valence-electron chi connectivity index (χ0n) is 49.6. The van der Waals surface area contributed by atoms with Crippen molar-refractivity contribution in [3.05, 3.63) is 122 Å². The highest BCUT2D eigenvalue weighted by Gasteiger charge is 2.44. The molecule has 1 amide bonds. The average Bonchev–Trinajstić information content (AvgIpc) is 3.45. The maximum Gasteiger partial charge on any atom is 0.220 e. The Kier molecular flexibility index (Phi) is 52.9. The first kappa shape index (κ1) is 72.6. The van der Waals surface area contributed by atoms with Crippen LogP contribution in [0.15, 0.2) is 122 Å². The molecule has 0 spiro atoms. The molecule has 446 valence electrons. The normalized spacial score (nSPS) is 19.5. The van der Waals surface area contributed by atoms with Gasteiger partial charge in [-0.25, -0.2) is 0 Å². The lowest BCUT2D eigenvalue weighted by molar-refractivity contribution is -0.302. The number of aliphatic hydroxyl groups excluding tert-OH is 5. The first-order chi connectivity index (χ1) is 38.3. The third kappa shape index (κ3) is 45.3. The number of carbonyl (C=O) groups is 1. The van der Waals surface area contributed by atoms with E-state index in [4.69, 9.17) is 9.47 Å². The fourth-order valence-electron chi connectivity index (χ4n) is 9.33. The van der Waals surface area contributed by atoms with E-state index in [0.29, 0.717) is 12.8 Å². The summed E-state index contributed by atoms with van der Waals surface area (Å²) in [4.78, 5) is 13.1. The number of amides is 1. The van der Waals surface area contributed by atoms with E-state index in [1.807, 2.05) is 6.08 Å². The number of allylic oxidation sites excluding steroid dienone is 19. The molecule has 9 heteroatoms. The Morgan fingerprint density at radius 1 is 0.449 bits per heavy atom. The van der Waals surface area contributed by atoms with Gasteiger partial charge in [0.05, 0.1) is 25.4 Å². The Bertz CT molecular complexity index is 1640. The molecule has 9 nitrogen and oxygen atoms in total. The van der Waals surface area contributed by atoms with E-state index in [9.17, 15) is 30.3 Å². The number of hydrogen-bond donors (Lipinski definition) is 6. The zero-order valence-corrected chi connectivity index (χ0v) is 49.6. The average molecular weight is 1090 g/mol. The van der Waals surface area contributed by atoms with Crippen LogP contribution in [0.3, 0.4) is 0 Å². The molecule has 0 aromatic carbocycles. The molecule has 0 aliphatic carbocycles. The minimum atomic E-state index is -1.58. The van der Waals surface area contributed by atoms with Crippen molar-refractivity contribution >= 4 is 5.91 Å². The van der Waals surface area contributed by atoms with Gasteiger partial charge in [0.2, 0.25) is 5.91 Å². The van der Waals surface area contributed by atoms with E-state index in [1.165, 1.54) is 128 Å². The highest BCUT2D eigenvalue weighted by Crippen LogP contribution is 2.23. The predicted octanol–water partition coefficient (Wildman–Crippen LogP) is 16.7. The second kappa shape index (κ2) is 56.8. The lowest BCUT2D eigenvalue weighted by Gasteiger charge is -2.40. The first-order valence-electron chi connectivity index (χ1n) is 31.8. The van der Waals surface area contributed by atoms with E-state index in [0.717, 1.165) is 96.3 Å². The summed E-state index contributed by atoms with van der Waals surface area (Å²) in [6.45, 7) is 3.66. The predicted molar refractivity (Wildman–Crippen MR) is 331 cm³/mol. The standard InChI is InChI=1S/C69H117NO8/c1-3-5-7-9-11-13-15-17-19-21-23-25-27-29-30-31-32-33-34-35-37-39-41-43-45-47-49-51-53-55-57-59-65(73)70-62(61-77-69-68(76)67(75)66(74)64(60-71)78-69)63(72)58-56-54-52-50-48-46-44-42-40-38-36-28-26-24-22-20-18-16-14-12-10-8-6-4-2/h5,7,11,13,17,19,23,25,29-30,32-33,35,37,41,43,47,49,56,58,62-64,66-69,71-72,74-76H,3-4,6,8-10,12,14-16,18,20-22,24,26-28,31,34,36,38-40,42,44-46,48,50-55,57,59-61H2,1-2H3,(H,70,73)/b7-5-,13-11-,19-17-,25-23-,30-29-,33-32-,37-35-,43-41-,49-47-,58-56+. The van der Waals surface area contributed by atoms with Crippen molar-refractivity contribution in [2.75, 3.05) is 13.2 Å². The van der Waals surface area contributed by atoms with Gasteiger partial charge in [-0.3, -0.25) is 4.79 Å². The molecule has 0 saturated carbocycles. The molecule has 1 heterocycles. The van der Waals surface area contributed by atoms with Crippen LogP contribution in [-0.4, -0.2) is 87.5 Å². The summed E-state index contributed by atoms with van der Waals surface area (Å²) in [5, 5.41) is 54.6. The summed E-state index contributed by atoms with van der Waals surface area (Å²) in [7, 11) is 0. The Morgan fingerprint density at radius 3 is 1.18 bits per heavy atom. The monoisotopic (exact) mass is 1090 g/mol. The van der Waals surface area contributed by atoms with E-state index in [-0.39, 0.29) is 12.5 Å². The molecule has 0 bridgehead atoms. The molecule has 1 fully saturated rings. The minimum absolute atomic E-state index is 0.209. The van der Waals surface area contributed by atoms with Gasteiger partial charge in [0, 0.05) is 6.42 Å². The molecule has 7 unspecified atom stereocenters. The number of unbranched alkanes of at least 4 members (excludes halogenated alkanes) is 25. The van der Waals surface area contributed by atoms with Crippen LogP contribution in [0.5, 0.6) is 0 Å². The topological polar surface area (TPSA) is 149 Å². The van der Waals surface area contributed by atoms with Crippen LogP contribution in [0.2, 0.25) is 0 Å². The van der Waals surface area contributed by atoms with Gasteiger partial charge in [-0.2, -0.15) is 0 Å². The molecular weight excluding hydrogens is 971 g/mol. The maximum absolute atomic E-state index is 13.1. The van der Waals surface area contributed by atoms with Crippen molar-refractivity contribution in [2.45, 2.75) is 294 Å². The zero-order chi connectivity index (χ0) is 56.5. The summed E-state index contributed by atoms with van der Waals surface area (Å²) < 4.78 is 11.3. The maximum atomic E-state index is 13.1. The van der Waals surface area contributed by atoms with Crippen LogP contribution in [0.4, 0.5) is 0 Å². The Hall–Kier alpha value is -3.41. The van der Waals surface area contributed by atoms with Crippen LogP contribution < -0.4 is 5.32 Å². The molecule has 6 N–H and O–H groups in total. The highest BCUT2D eigenvalue weighted by molar-refractivity contribution is 5.76. The van der Waals surface area contributed by atoms with Crippen LogP contribution in [0.25, 0.3) is 0 Å². The van der Waals surface area contributed by atoms with Gasteiger partial charge >= 0.3 is 0 Å². The Labute approximate surface area is 478 Å². The number of nitrogens with one attached hydrogen (secondary N) is 1. The number of carbonyl (C=O) groups excluding carboxylic acids is 1. The highest BCUT2D eigenvalue weighted by atomic mass is 16.7. The Balaban J connectivity index is 2.25. The second-order valence-electron chi connectivity index (χ2n) is 21.5. The number of ether oxygens (including phenoxy) is 2. The molecule has 7 atom stereocenters. The van der Waals surface area contributed by atoms with Crippen molar-refractivity contribution in [3.8, 4) is 0 Å². The largest absolute Gasteiger partial charge is 0.394 e. The van der Waals surface area contributed by atoms with E-state index < -0.39 is 49.5 Å². The minimum Gasteiger partial charge on any atom is -0.394 e. The van der Waals surface area contributed by atoms with Crippen LogP contribution in [-0.2, 0) is 14.3 Å². The Morgan fingerprint density at radius 2 is 0.795 bits per heavy atom. The fourth-order valence-corrected chi connectivity index (χ4v) is 9.33. The van der Waals surface area contributed by atoms with Crippen molar-refractivity contribution < 1.29 is 39.8 Å². The van der Waals surface area contributed by atoms with Crippen molar-refractivity contribution in [3.63, 3.8) is 0 Å². The van der Waals surface area contributed by atoms with Crippen LogP contribution in [0.1, 0.15) is 251 Å². The quantitative estimate of drug-likeness (QED) is 0.0261. The molecule has 1 aliphatic heterocycles. The molecule has 1 rings (SSSR count). The summed E-state index contributed by atoms with van der Waals surface area (Å²) in [6, 6.07) is -0.834. The van der Waals surface area contributed by atoms with E-state index in [2.05, 4.69) is 129 Å². The smallest absolute Gasteiger partial charge is 0.220 e. The van der Waals surface area contributed by atoms with E-state index in [1.54, 1.807) is 6.08 Å². The fraction of sp³-hybridized carbons (Fsp3) is 0.696. The van der Waals surface area contributed by atoms with Gasteiger partial charge in [-0.1, -0.05) is 277 Å². The van der Waals surface area contributed by atoms with Crippen molar-refractivity contribution in [1.82, 2.24) is 5.32 Å². The molecule has 1 aliphatic rings. The van der Waals surface area contributed by atoms with Gasteiger partial charge in [0.15, 0.2) is 6.29 Å². The molecular formula is C69H117NO8. The van der Waals surface area contributed by atoms with Crippen LogP contribution >= 0.6 is 0 Å². The van der Waals surface area contributed by atoms with Gasteiger partial charge in [-0.15, -0.1) is 0 Å². The summed E-state index contributed by atoms with van der Waals surface area (Å²) in [5.74, 6) is -0.212. The molecule has 78 heavy (non-hydrogen) atoms. The summed E-state index contributed by atoms with van der Waals surface area (Å²) in [5.41, 5.74) is 0. The molecule has 0 aromatic heterocycles. The van der Waals surface area contributed by atoms with Crippen molar-refractivity contribution in [1.29, 1.82) is 0 Å². The van der Waals surface area contributed by atoms with Gasteiger partial charge in [0.25, 0.3) is 0 Å². The summed E-state index contributed by atoms with van der Waals surface area (Å²) >= 11 is 0. The molecule has 0 radical (unpaired) electrons. The lowest BCUT2D eigenvalue weighted by Crippen LogP contribution is -2.60. The van der Waals surface area contributed by atoms with Gasteiger partial charge in [-0.05, 0) is 89.9 Å². The third-order valence-corrected chi connectivity index (χ3v) is 14.3. The number of hydrogen-bond acceptors (Lipinski definition) is 8. The van der Waals surface area contributed by atoms with Crippen molar-refractivity contribution in [2.24, 2.45) is 0 Å². The second-order valence-corrected chi connectivity index (χ2v) is 21.5. The molecule has 0 aromatic rings. The number of aliphatic hydroxyl groups is 5. The lowest BCUT2D eigenvalue weighted by atomic mass is 9.99. The van der Waals surface area contributed by atoms with Crippen LogP contribution in [0, 0.1) is 0 Å². The van der Waals surface area contributed by atoms with Gasteiger partial charge < -0.3 is 40.3 Å².